The molecule has 0 aliphatic heterocycles. The topological polar surface area (TPSA) is 78.8 Å². The number of thioether (sulfide) groups is 1. The van der Waals surface area contributed by atoms with E-state index < -0.39 is 5.56 Å². The SMILES string of the molecule is CSc1nc(-c2ccc(OCc3ccccc3Br)cc2)c(C#N)c(=O)[nH]1. The third-order valence-corrected chi connectivity index (χ3v) is 5.04. The van der Waals surface area contributed by atoms with Gasteiger partial charge in [-0.2, -0.15) is 5.26 Å². The average Bonchev–Trinajstić information content (AvgIpc) is 2.67. The summed E-state index contributed by atoms with van der Waals surface area (Å²) in [6.45, 7) is 0.435. The quantitative estimate of drug-likeness (QED) is 0.482. The monoisotopic (exact) mass is 427 g/mol. The minimum atomic E-state index is -0.434. The summed E-state index contributed by atoms with van der Waals surface area (Å²) in [4.78, 5) is 19.0. The Morgan fingerprint density at radius 2 is 1.96 bits per heavy atom. The molecule has 3 aromatic rings. The van der Waals surface area contributed by atoms with Gasteiger partial charge in [-0.05, 0) is 36.6 Å². The number of hydrogen-bond acceptors (Lipinski definition) is 5. The molecule has 130 valence electrons. The van der Waals surface area contributed by atoms with Crippen LogP contribution in [-0.4, -0.2) is 16.2 Å². The van der Waals surface area contributed by atoms with E-state index in [1.54, 1.807) is 24.3 Å². The molecule has 26 heavy (non-hydrogen) atoms. The predicted octanol–water partition coefficient (Wildman–Crippen LogP) is 4.37. The summed E-state index contributed by atoms with van der Waals surface area (Å²) in [6, 6.07) is 17.0. The maximum absolute atomic E-state index is 12.0. The number of benzene rings is 2. The number of ether oxygens (including phenoxy) is 1. The lowest BCUT2D eigenvalue weighted by Crippen LogP contribution is -2.14. The zero-order chi connectivity index (χ0) is 18.5. The standard InChI is InChI=1S/C19H14BrN3O2S/c1-26-19-22-17(15(10-21)18(24)23-19)12-6-8-14(9-7-12)25-11-13-4-2-3-5-16(13)20/h2-9H,11H2,1H3,(H,22,23,24). The Labute approximate surface area is 163 Å². The van der Waals surface area contributed by atoms with Gasteiger partial charge in [0.1, 0.15) is 24.0 Å². The number of aromatic nitrogens is 2. The van der Waals surface area contributed by atoms with Crippen molar-refractivity contribution in [2.24, 2.45) is 0 Å². The van der Waals surface area contributed by atoms with Crippen LogP contribution in [0.1, 0.15) is 11.1 Å². The molecule has 0 aliphatic carbocycles. The normalized spacial score (nSPS) is 10.3. The molecule has 1 heterocycles. The van der Waals surface area contributed by atoms with Crippen LogP contribution in [0.4, 0.5) is 0 Å². The van der Waals surface area contributed by atoms with E-state index in [0.717, 1.165) is 10.0 Å². The Morgan fingerprint density at radius 3 is 2.62 bits per heavy atom. The van der Waals surface area contributed by atoms with Crippen molar-refractivity contribution in [2.75, 3.05) is 6.26 Å². The molecule has 0 atom stereocenters. The molecule has 0 fully saturated rings. The van der Waals surface area contributed by atoms with Crippen LogP contribution < -0.4 is 10.3 Å². The van der Waals surface area contributed by atoms with Gasteiger partial charge in [-0.15, -0.1) is 0 Å². The summed E-state index contributed by atoms with van der Waals surface area (Å²) in [7, 11) is 0. The molecule has 0 bridgehead atoms. The summed E-state index contributed by atoms with van der Waals surface area (Å²) in [6.07, 6.45) is 1.81. The Morgan fingerprint density at radius 1 is 1.23 bits per heavy atom. The van der Waals surface area contributed by atoms with Gasteiger partial charge < -0.3 is 9.72 Å². The van der Waals surface area contributed by atoms with Crippen LogP contribution in [0, 0.1) is 11.3 Å². The van der Waals surface area contributed by atoms with Gasteiger partial charge >= 0.3 is 0 Å². The summed E-state index contributed by atoms with van der Waals surface area (Å²) >= 11 is 4.81. The van der Waals surface area contributed by atoms with Gasteiger partial charge in [0.05, 0.1) is 5.69 Å². The molecule has 0 aliphatic rings. The van der Waals surface area contributed by atoms with Crippen molar-refractivity contribution in [3.63, 3.8) is 0 Å². The van der Waals surface area contributed by atoms with Gasteiger partial charge in [-0.1, -0.05) is 45.9 Å². The molecule has 0 unspecified atom stereocenters. The molecule has 0 radical (unpaired) electrons. The summed E-state index contributed by atoms with van der Waals surface area (Å²) in [5, 5.41) is 9.74. The van der Waals surface area contributed by atoms with Gasteiger partial charge in [0.2, 0.25) is 0 Å². The van der Waals surface area contributed by atoms with E-state index in [4.69, 9.17) is 4.74 Å². The number of H-pyrrole nitrogens is 1. The first-order chi connectivity index (χ1) is 12.6. The minimum absolute atomic E-state index is 0.00434. The van der Waals surface area contributed by atoms with Crippen LogP contribution >= 0.6 is 27.7 Å². The van der Waals surface area contributed by atoms with E-state index in [2.05, 4.69) is 25.9 Å². The highest BCUT2D eigenvalue weighted by Crippen LogP contribution is 2.25. The van der Waals surface area contributed by atoms with E-state index >= 15 is 0 Å². The van der Waals surface area contributed by atoms with Crippen molar-refractivity contribution in [1.29, 1.82) is 5.26 Å². The maximum atomic E-state index is 12.0. The number of nitriles is 1. The fourth-order valence-corrected chi connectivity index (χ4v) is 3.12. The summed E-state index contributed by atoms with van der Waals surface area (Å²) in [5.41, 5.74) is 1.68. The highest BCUT2D eigenvalue weighted by atomic mass is 79.9. The molecule has 2 aromatic carbocycles. The molecule has 7 heteroatoms. The first kappa shape index (κ1) is 18.2. The molecular formula is C19H14BrN3O2S. The molecule has 0 spiro atoms. The second kappa shape index (κ2) is 8.21. The molecule has 1 aromatic heterocycles. The van der Waals surface area contributed by atoms with Gasteiger partial charge in [0.15, 0.2) is 5.16 Å². The van der Waals surface area contributed by atoms with E-state index in [1.165, 1.54) is 11.8 Å². The van der Waals surface area contributed by atoms with Crippen molar-refractivity contribution < 1.29 is 4.74 Å². The Hall–Kier alpha value is -2.56. The van der Waals surface area contributed by atoms with Crippen molar-refractivity contribution in [3.05, 3.63) is 74.5 Å². The van der Waals surface area contributed by atoms with Crippen molar-refractivity contribution in [2.45, 2.75) is 11.8 Å². The molecular weight excluding hydrogens is 414 g/mol. The van der Waals surface area contributed by atoms with Crippen LogP contribution in [0.3, 0.4) is 0 Å². The number of nitrogens with one attached hydrogen (secondary N) is 1. The van der Waals surface area contributed by atoms with E-state index in [0.29, 0.717) is 28.8 Å². The number of halogens is 1. The number of aromatic amines is 1. The van der Waals surface area contributed by atoms with Crippen LogP contribution in [0.25, 0.3) is 11.3 Å². The number of nitrogens with zero attached hydrogens (tertiary/aromatic N) is 2. The van der Waals surface area contributed by atoms with Crippen molar-refractivity contribution in [3.8, 4) is 23.1 Å². The second-order valence-electron chi connectivity index (χ2n) is 5.32. The largest absolute Gasteiger partial charge is 0.489 e. The number of hydrogen-bond donors (Lipinski definition) is 1. The Bertz CT molecular complexity index is 1030. The first-order valence-corrected chi connectivity index (χ1v) is 9.69. The highest BCUT2D eigenvalue weighted by Gasteiger charge is 2.13. The van der Waals surface area contributed by atoms with Crippen molar-refractivity contribution in [1.82, 2.24) is 9.97 Å². The van der Waals surface area contributed by atoms with E-state index in [-0.39, 0.29) is 5.56 Å². The summed E-state index contributed by atoms with van der Waals surface area (Å²) < 4.78 is 6.79. The third kappa shape index (κ3) is 3.98. The third-order valence-electron chi connectivity index (χ3n) is 3.68. The fourth-order valence-electron chi connectivity index (χ4n) is 2.35. The van der Waals surface area contributed by atoms with E-state index in [1.807, 2.05) is 36.6 Å². The summed E-state index contributed by atoms with van der Waals surface area (Å²) in [5.74, 6) is 0.693. The zero-order valence-electron chi connectivity index (χ0n) is 13.8. The predicted molar refractivity (Wildman–Crippen MR) is 105 cm³/mol. The molecule has 0 saturated heterocycles. The smallest absolute Gasteiger partial charge is 0.270 e. The van der Waals surface area contributed by atoms with E-state index in [9.17, 15) is 10.1 Å². The fraction of sp³-hybridized carbons (Fsp3) is 0.105. The lowest BCUT2D eigenvalue weighted by molar-refractivity contribution is 0.305. The molecule has 0 amide bonds. The maximum Gasteiger partial charge on any atom is 0.270 e. The van der Waals surface area contributed by atoms with Crippen LogP contribution in [0.15, 0.2) is 63.0 Å². The lowest BCUT2D eigenvalue weighted by Gasteiger charge is -2.09. The van der Waals surface area contributed by atoms with Gasteiger partial charge in [-0.25, -0.2) is 4.98 Å². The lowest BCUT2D eigenvalue weighted by atomic mass is 10.1. The van der Waals surface area contributed by atoms with Crippen LogP contribution in [-0.2, 0) is 6.61 Å². The molecule has 5 nitrogen and oxygen atoms in total. The molecule has 3 rings (SSSR count). The zero-order valence-corrected chi connectivity index (χ0v) is 16.2. The van der Waals surface area contributed by atoms with Crippen LogP contribution in [0.2, 0.25) is 0 Å². The van der Waals surface area contributed by atoms with Gasteiger partial charge in [0, 0.05) is 15.6 Å². The second-order valence-corrected chi connectivity index (χ2v) is 6.96. The Balaban J connectivity index is 1.84. The molecule has 1 N–H and O–H groups in total. The Kier molecular flexibility index (Phi) is 5.76. The number of rotatable bonds is 5. The van der Waals surface area contributed by atoms with Crippen molar-refractivity contribution >= 4 is 27.7 Å². The van der Waals surface area contributed by atoms with Gasteiger partial charge in [-0.3, -0.25) is 4.79 Å². The minimum Gasteiger partial charge on any atom is -0.489 e. The highest BCUT2D eigenvalue weighted by molar-refractivity contribution is 9.10. The average molecular weight is 428 g/mol. The van der Waals surface area contributed by atoms with Gasteiger partial charge in [0.25, 0.3) is 5.56 Å². The molecule has 0 saturated carbocycles. The first-order valence-electron chi connectivity index (χ1n) is 7.67. The van der Waals surface area contributed by atoms with Crippen LogP contribution in [0.5, 0.6) is 5.75 Å².